The molecule has 0 bridgehead atoms. The van der Waals surface area contributed by atoms with E-state index in [-0.39, 0.29) is 0 Å². The minimum absolute atomic E-state index is 0.339. The highest BCUT2D eigenvalue weighted by atomic mass is 19.1. The predicted octanol–water partition coefficient (Wildman–Crippen LogP) is 4.05. The Morgan fingerprint density at radius 2 is 1.69 bits per heavy atom. The summed E-state index contributed by atoms with van der Waals surface area (Å²) in [4.78, 5) is 0. The van der Waals surface area contributed by atoms with Crippen LogP contribution in [0.15, 0.2) is 0 Å². The summed E-state index contributed by atoms with van der Waals surface area (Å²) in [5.41, 5.74) is 0. The van der Waals surface area contributed by atoms with Gasteiger partial charge in [-0.15, -0.1) is 0 Å². The number of hydrogen-bond acceptors (Lipinski definition) is 0. The number of alkyl halides is 1. The van der Waals surface area contributed by atoms with Crippen LogP contribution in [0.5, 0.6) is 0 Å². The van der Waals surface area contributed by atoms with Gasteiger partial charge in [0.1, 0.15) is 6.17 Å². The molecule has 1 aliphatic rings. The van der Waals surface area contributed by atoms with Crippen LogP contribution in [0.4, 0.5) is 4.39 Å². The Balaban J connectivity index is 2.46. The van der Waals surface area contributed by atoms with E-state index in [0.29, 0.717) is 17.8 Å². The lowest BCUT2D eigenvalue weighted by Gasteiger charge is -2.35. The van der Waals surface area contributed by atoms with E-state index >= 15 is 0 Å². The molecule has 1 rings (SSSR count). The summed E-state index contributed by atoms with van der Waals surface area (Å²) in [7, 11) is 0. The number of halogens is 1. The third-order valence-electron chi connectivity index (χ3n) is 3.53. The summed E-state index contributed by atoms with van der Waals surface area (Å²) in [5, 5.41) is 0. The fourth-order valence-corrected chi connectivity index (χ4v) is 2.49. The third kappa shape index (κ3) is 2.96. The van der Waals surface area contributed by atoms with Crippen molar-refractivity contribution in [2.24, 2.45) is 23.7 Å². The molecular formula is C12H23F. The Labute approximate surface area is 81.9 Å². The van der Waals surface area contributed by atoms with Gasteiger partial charge in [0.15, 0.2) is 0 Å². The van der Waals surface area contributed by atoms with Crippen LogP contribution < -0.4 is 0 Å². The monoisotopic (exact) mass is 186 g/mol. The number of hydrogen-bond donors (Lipinski definition) is 0. The molecule has 0 amide bonds. The second-order valence-electron chi connectivity index (χ2n) is 5.33. The molecule has 0 aromatic heterocycles. The molecule has 0 spiro atoms. The van der Waals surface area contributed by atoms with Gasteiger partial charge < -0.3 is 0 Å². The summed E-state index contributed by atoms with van der Waals surface area (Å²) in [5.74, 6) is 2.28. The fourth-order valence-electron chi connectivity index (χ4n) is 2.49. The van der Waals surface area contributed by atoms with Gasteiger partial charge in [-0.25, -0.2) is 4.39 Å². The normalized spacial score (nSPS) is 41.1. The summed E-state index contributed by atoms with van der Waals surface area (Å²) in [6, 6.07) is 0. The Bertz CT molecular complexity index is 153. The predicted molar refractivity (Wildman–Crippen MR) is 55.4 cm³/mol. The van der Waals surface area contributed by atoms with Gasteiger partial charge in [-0.05, 0) is 42.9 Å². The first-order valence-electron chi connectivity index (χ1n) is 5.64. The molecule has 4 atom stereocenters. The minimum atomic E-state index is -0.534. The Morgan fingerprint density at radius 3 is 2.23 bits per heavy atom. The maximum absolute atomic E-state index is 13.6. The molecule has 0 radical (unpaired) electrons. The molecule has 0 aromatic carbocycles. The Kier molecular flexibility index (Phi) is 3.75. The van der Waals surface area contributed by atoms with Gasteiger partial charge in [0.25, 0.3) is 0 Å². The molecule has 1 fully saturated rings. The van der Waals surface area contributed by atoms with Crippen LogP contribution in [0.3, 0.4) is 0 Å². The molecule has 0 N–H and O–H groups in total. The lowest BCUT2D eigenvalue weighted by atomic mass is 9.72. The van der Waals surface area contributed by atoms with E-state index in [1.165, 1.54) is 0 Å². The Morgan fingerprint density at radius 1 is 1.15 bits per heavy atom. The van der Waals surface area contributed by atoms with Crippen LogP contribution in [-0.4, -0.2) is 6.17 Å². The first-order valence-corrected chi connectivity index (χ1v) is 5.64. The fraction of sp³-hybridized carbons (Fsp3) is 1.00. The summed E-state index contributed by atoms with van der Waals surface area (Å²) >= 11 is 0. The Hall–Kier alpha value is -0.0700. The standard InChI is InChI=1S/C12H23F/c1-8(2)5-11-6-9(3)10(4)7-12(11)13/h8-12H,5-7H2,1-4H3. The van der Waals surface area contributed by atoms with Crippen molar-refractivity contribution in [1.29, 1.82) is 0 Å². The molecule has 0 nitrogen and oxygen atoms in total. The molecule has 0 saturated heterocycles. The molecule has 1 aliphatic carbocycles. The van der Waals surface area contributed by atoms with E-state index in [1.807, 2.05) is 0 Å². The van der Waals surface area contributed by atoms with Crippen molar-refractivity contribution in [2.75, 3.05) is 0 Å². The molecule has 1 saturated carbocycles. The van der Waals surface area contributed by atoms with Crippen molar-refractivity contribution >= 4 is 0 Å². The largest absolute Gasteiger partial charge is 0.247 e. The van der Waals surface area contributed by atoms with E-state index in [0.717, 1.165) is 25.2 Å². The maximum atomic E-state index is 13.6. The first kappa shape index (κ1) is 11.0. The van der Waals surface area contributed by atoms with Crippen LogP contribution in [0.2, 0.25) is 0 Å². The first-order chi connectivity index (χ1) is 6.00. The van der Waals surface area contributed by atoms with Crippen molar-refractivity contribution in [3.8, 4) is 0 Å². The molecule has 4 unspecified atom stereocenters. The van der Waals surface area contributed by atoms with Gasteiger partial charge in [0.05, 0.1) is 0 Å². The quantitative estimate of drug-likeness (QED) is 0.610. The summed E-state index contributed by atoms with van der Waals surface area (Å²) < 4.78 is 13.6. The average Bonchev–Trinajstić information content (AvgIpc) is 1.99. The summed E-state index contributed by atoms with van der Waals surface area (Å²) in [6.07, 6.45) is 2.42. The highest BCUT2D eigenvalue weighted by molar-refractivity contribution is 4.82. The van der Waals surface area contributed by atoms with Gasteiger partial charge in [-0.2, -0.15) is 0 Å². The molecule has 0 aliphatic heterocycles. The van der Waals surface area contributed by atoms with Crippen LogP contribution >= 0.6 is 0 Å². The van der Waals surface area contributed by atoms with Crippen molar-refractivity contribution in [2.45, 2.75) is 53.1 Å². The van der Waals surface area contributed by atoms with E-state index in [4.69, 9.17) is 0 Å². The van der Waals surface area contributed by atoms with E-state index < -0.39 is 6.17 Å². The SMILES string of the molecule is CC(C)CC1CC(C)C(C)CC1F. The van der Waals surface area contributed by atoms with Crippen LogP contribution in [0, 0.1) is 23.7 Å². The van der Waals surface area contributed by atoms with E-state index in [9.17, 15) is 4.39 Å². The zero-order valence-corrected chi connectivity index (χ0v) is 9.39. The minimum Gasteiger partial charge on any atom is -0.247 e. The van der Waals surface area contributed by atoms with Gasteiger partial charge >= 0.3 is 0 Å². The lowest BCUT2D eigenvalue weighted by Crippen LogP contribution is -2.31. The highest BCUT2D eigenvalue weighted by Gasteiger charge is 2.32. The van der Waals surface area contributed by atoms with Crippen LogP contribution in [-0.2, 0) is 0 Å². The van der Waals surface area contributed by atoms with Gasteiger partial charge in [0, 0.05) is 0 Å². The smallest absolute Gasteiger partial charge is 0.103 e. The second-order valence-corrected chi connectivity index (χ2v) is 5.33. The van der Waals surface area contributed by atoms with Crippen molar-refractivity contribution in [3.63, 3.8) is 0 Å². The van der Waals surface area contributed by atoms with Crippen LogP contribution in [0.1, 0.15) is 47.0 Å². The topological polar surface area (TPSA) is 0 Å². The van der Waals surface area contributed by atoms with Gasteiger partial charge in [-0.1, -0.05) is 27.7 Å². The summed E-state index contributed by atoms with van der Waals surface area (Å²) in [6.45, 7) is 8.83. The second kappa shape index (κ2) is 4.43. The molecule has 78 valence electrons. The van der Waals surface area contributed by atoms with E-state index in [1.54, 1.807) is 0 Å². The highest BCUT2D eigenvalue weighted by Crippen LogP contribution is 2.38. The maximum Gasteiger partial charge on any atom is 0.103 e. The van der Waals surface area contributed by atoms with Crippen molar-refractivity contribution in [1.82, 2.24) is 0 Å². The number of rotatable bonds is 2. The molecule has 1 heteroatoms. The van der Waals surface area contributed by atoms with E-state index in [2.05, 4.69) is 27.7 Å². The molecular weight excluding hydrogens is 163 g/mol. The average molecular weight is 186 g/mol. The molecule has 13 heavy (non-hydrogen) atoms. The van der Waals surface area contributed by atoms with Crippen molar-refractivity contribution in [3.05, 3.63) is 0 Å². The molecule has 0 heterocycles. The van der Waals surface area contributed by atoms with Gasteiger partial charge in [0.2, 0.25) is 0 Å². The third-order valence-corrected chi connectivity index (χ3v) is 3.53. The van der Waals surface area contributed by atoms with Crippen LogP contribution in [0.25, 0.3) is 0 Å². The van der Waals surface area contributed by atoms with Crippen molar-refractivity contribution < 1.29 is 4.39 Å². The lowest BCUT2D eigenvalue weighted by molar-refractivity contribution is 0.0799. The zero-order valence-electron chi connectivity index (χ0n) is 9.39. The molecule has 0 aromatic rings. The van der Waals surface area contributed by atoms with Gasteiger partial charge in [-0.3, -0.25) is 0 Å². The zero-order chi connectivity index (χ0) is 10.0.